The van der Waals surface area contributed by atoms with Crippen molar-refractivity contribution in [3.05, 3.63) is 126 Å². The number of alkyl halides is 5. The number of nitrogens with zero attached hydrogens (tertiary/aromatic N) is 5. The lowest BCUT2D eigenvalue weighted by Gasteiger charge is -2.41. The predicted molar refractivity (Wildman–Crippen MR) is 157 cm³/mol. The van der Waals surface area contributed by atoms with Gasteiger partial charge in [0.2, 0.25) is 0 Å². The van der Waals surface area contributed by atoms with Crippen LogP contribution in [-0.4, -0.2) is 44.6 Å². The first-order chi connectivity index (χ1) is 22.7. The molecule has 48 heavy (non-hydrogen) atoms. The lowest BCUT2D eigenvalue weighted by atomic mass is 9.84. The van der Waals surface area contributed by atoms with E-state index in [-0.39, 0.29) is 17.9 Å². The molecule has 0 spiro atoms. The molecule has 0 bridgehead atoms. The SMILES string of the molecule is CP(=O)(OCc1ccccc1)OC(Cn1cnnn1)(c1ccc(F)cc1F)C(F)(F)c1ccc(-c2ccc(OCC(F)(F)F)cc2)cn1. The molecule has 0 saturated heterocycles. The van der Waals surface area contributed by atoms with Crippen LogP contribution in [0.2, 0.25) is 0 Å². The van der Waals surface area contributed by atoms with Crippen molar-refractivity contribution in [1.29, 1.82) is 0 Å². The highest BCUT2D eigenvalue weighted by Crippen LogP contribution is 2.59. The number of tetrazole rings is 1. The second-order valence-corrected chi connectivity index (χ2v) is 12.5. The number of hydrogen-bond acceptors (Lipinski definition) is 8. The highest BCUT2D eigenvalue weighted by molar-refractivity contribution is 7.53. The minimum Gasteiger partial charge on any atom is -0.484 e. The smallest absolute Gasteiger partial charge is 0.422 e. The molecule has 0 amide bonds. The molecule has 2 atom stereocenters. The Morgan fingerprint density at radius 1 is 0.875 bits per heavy atom. The Balaban J connectivity index is 1.55. The molecule has 252 valence electrons. The van der Waals surface area contributed by atoms with E-state index in [9.17, 15) is 22.1 Å². The van der Waals surface area contributed by atoms with Crippen LogP contribution >= 0.6 is 7.60 Å². The summed E-state index contributed by atoms with van der Waals surface area (Å²) in [7, 11) is -4.52. The molecule has 2 aromatic heterocycles. The molecule has 5 aromatic rings. The van der Waals surface area contributed by atoms with Gasteiger partial charge in [-0.15, -0.1) is 5.10 Å². The van der Waals surface area contributed by atoms with Crippen LogP contribution in [0.1, 0.15) is 16.8 Å². The topological polar surface area (TPSA) is 101 Å². The molecule has 0 aliphatic heterocycles. The summed E-state index contributed by atoms with van der Waals surface area (Å²) in [6, 6.07) is 17.7. The van der Waals surface area contributed by atoms with Crippen molar-refractivity contribution in [3.8, 4) is 16.9 Å². The van der Waals surface area contributed by atoms with Gasteiger partial charge < -0.3 is 9.26 Å². The Kier molecular flexibility index (Phi) is 9.99. The second kappa shape index (κ2) is 13.8. The molecule has 2 unspecified atom stereocenters. The molecule has 2 heterocycles. The standard InChI is InChI=1S/C31H25F7N5O4P/c1-48(44,46-17-21-5-3-2-4-6-21)47-29(18-43-20-40-41-42-43,26-13-10-24(32)15-27(26)33)31(37,38)28-14-9-23(16-39-28)22-7-11-25(12-8-22)45-19-30(34,35)36/h2-16,20H,17-19H2,1H3. The van der Waals surface area contributed by atoms with Crippen molar-refractivity contribution in [1.82, 2.24) is 25.2 Å². The van der Waals surface area contributed by atoms with E-state index in [0.29, 0.717) is 17.2 Å². The van der Waals surface area contributed by atoms with Gasteiger partial charge in [0.15, 0.2) is 12.2 Å². The summed E-state index contributed by atoms with van der Waals surface area (Å²) < 4.78 is 132. The number of aromatic nitrogens is 5. The van der Waals surface area contributed by atoms with E-state index in [4.69, 9.17) is 9.05 Å². The van der Waals surface area contributed by atoms with Gasteiger partial charge in [0.05, 0.1) is 13.2 Å². The minimum absolute atomic E-state index is 0.0727. The highest BCUT2D eigenvalue weighted by atomic mass is 31.2. The first kappa shape index (κ1) is 34.7. The fourth-order valence-electron chi connectivity index (χ4n) is 4.73. The van der Waals surface area contributed by atoms with Crippen LogP contribution in [0.4, 0.5) is 30.7 Å². The maximum atomic E-state index is 17.1. The van der Waals surface area contributed by atoms with Gasteiger partial charge in [0.25, 0.3) is 0 Å². The molecule has 0 saturated carbocycles. The van der Waals surface area contributed by atoms with Crippen molar-refractivity contribution in [2.75, 3.05) is 13.3 Å². The van der Waals surface area contributed by atoms with E-state index in [1.807, 2.05) is 0 Å². The molecule has 3 aromatic carbocycles. The third kappa shape index (κ3) is 8.06. The molecule has 0 fully saturated rings. The second-order valence-electron chi connectivity index (χ2n) is 10.5. The molecule has 0 radical (unpaired) electrons. The number of pyridine rings is 1. The molecule has 0 aliphatic rings. The number of rotatable bonds is 13. The van der Waals surface area contributed by atoms with Crippen molar-refractivity contribution in [3.63, 3.8) is 0 Å². The van der Waals surface area contributed by atoms with Gasteiger partial charge in [-0.05, 0) is 51.9 Å². The zero-order chi connectivity index (χ0) is 34.6. The molecule has 0 N–H and O–H groups in total. The predicted octanol–water partition coefficient (Wildman–Crippen LogP) is 7.70. The van der Waals surface area contributed by atoms with Crippen LogP contribution in [0.3, 0.4) is 0 Å². The Hall–Kier alpha value is -4.66. The van der Waals surface area contributed by atoms with Crippen molar-refractivity contribution < 1.29 is 49.1 Å². The van der Waals surface area contributed by atoms with E-state index in [1.165, 1.54) is 30.3 Å². The molecule has 9 nitrogen and oxygen atoms in total. The minimum atomic E-state index is -4.54. The highest BCUT2D eigenvalue weighted by Gasteiger charge is 2.62. The largest absolute Gasteiger partial charge is 0.484 e. The molecule has 5 rings (SSSR count). The van der Waals surface area contributed by atoms with Crippen LogP contribution in [0.15, 0.2) is 97.5 Å². The zero-order valence-electron chi connectivity index (χ0n) is 24.8. The van der Waals surface area contributed by atoms with Gasteiger partial charge in [0.1, 0.15) is 29.4 Å². The molecule has 17 heteroatoms. The fourth-order valence-corrected chi connectivity index (χ4v) is 6.00. The van der Waals surface area contributed by atoms with Gasteiger partial charge in [-0.1, -0.05) is 48.5 Å². The van der Waals surface area contributed by atoms with E-state index in [1.54, 1.807) is 30.3 Å². The number of benzene rings is 3. The number of hydrogen-bond donors (Lipinski definition) is 0. The lowest BCUT2D eigenvalue weighted by Crippen LogP contribution is -2.49. The van der Waals surface area contributed by atoms with Crippen LogP contribution in [0, 0.1) is 11.6 Å². The van der Waals surface area contributed by atoms with Gasteiger partial charge in [0, 0.05) is 30.1 Å². The van der Waals surface area contributed by atoms with Crippen LogP contribution in [-0.2, 0) is 38.3 Å². The average Bonchev–Trinajstić information content (AvgIpc) is 3.56. The lowest BCUT2D eigenvalue weighted by molar-refractivity contribution is -0.196. The van der Waals surface area contributed by atoms with E-state index in [0.717, 1.165) is 42.1 Å². The normalized spacial score (nSPS) is 14.7. The number of halogens is 7. The van der Waals surface area contributed by atoms with Gasteiger partial charge in [-0.2, -0.15) is 22.0 Å². The summed E-state index contributed by atoms with van der Waals surface area (Å²) in [6.07, 6.45) is -2.54. The van der Waals surface area contributed by atoms with Gasteiger partial charge in [-0.3, -0.25) is 14.1 Å². The van der Waals surface area contributed by atoms with Crippen molar-refractivity contribution >= 4 is 7.60 Å². The maximum absolute atomic E-state index is 17.1. The van der Waals surface area contributed by atoms with Crippen molar-refractivity contribution in [2.45, 2.75) is 30.9 Å². The summed E-state index contributed by atoms with van der Waals surface area (Å²) in [5, 5.41) is 10.5. The number of ether oxygens (including phenoxy) is 1. The van der Waals surface area contributed by atoms with E-state index >= 15 is 13.2 Å². The van der Waals surface area contributed by atoms with E-state index < -0.39 is 61.3 Å². The third-order valence-corrected chi connectivity index (χ3v) is 8.20. The molecular weight excluding hydrogens is 670 g/mol. The average molecular weight is 696 g/mol. The van der Waals surface area contributed by atoms with Crippen molar-refractivity contribution in [2.24, 2.45) is 0 Å². The van der Waals surface area contributed by atoms with E-state index in [2.05, 4.69) is 25.2 Å². The summed E-state index contributed by atoms with van der Waals surface area (Å²) in [5.74, 6) is -6.94. The molecule has 0 aliphatic carbocycles. The van der Waals surface area contributed by atoms with Gasteiger partial charge >= 0.3 is 19.7 Å². The Morgan fingerprint density at radius 3 is 2.19 bits per heavy atom. The Morgan fingerprint density at radius 2 is 1.58 bits per heavy atom. The monoisotopic (exact) mass is 695 g/mol. The summed E-state index contributed by atoms with van der Waals surface area (Å²) in [4.78, 5) is 3.91. The first-order valence-electron chi connectivity index (χ1n) is 13.9. The summed E-state index contributed by atoms with van der Waals surface area (Å²) >= 11 is 0. The van der Waals surface area contributed by atoms with Gasteiger partial charge in [-0.25, -0.2) is 13.5 Å². The third-order valence-electron chi connectivity index (χ3n) is 6.96. The summed E-state index contributed by atoms with van der Waals surface area (Å²) in [6.45, 7) is -1.92. The Bertz CT molecular complexity index is 1860. The quantitative estimate of drug-likeness (QED) is 0.0913. The maximum Gasteiger partial charge on any atom is 0.422 e. The zero-order valence-corrected chi connectivity index (χ0v) is 25.7. The molecular formula is C31H25F7N5O4P. The Labute approximate surface area is 268 Å². The van der Waals surface area contributed by atoms with Crippen LogP contribution < -0.4 is 4.74 Å². The van der Waals surface area contributed by atoms with Crippen LogP contribution in [0.25, 0.3) is 11.1 Å². The fraction of sp³-hybridized carbons (Fsp3) is 0.226. The first-order valence-corrected chi connectivity index (χ1v) is 15.9. The van der Waals surface area contributed by atoms with Crippen LogP contribution in [0.5, 0.6) is 5.75 Å². The summed E-state index contributed by atoms with van der Waals surface area (Å²) in [5.41, 5.74) is -3.90.